The monoisotopic (exact) mass is 292 g/mol. The van der Waals surface area contributed by atoms with E-state index in [0.29, 0.717) is 5.92 Å². The molecule has 1 fully saturated rings. The molecule has 1 atom stereocenters. The van der Waals surface area contributed by atoms with Crippen molar-refractivity contribution in [3.05, 3.63) is 11.2 Å². The fourth-order valence-electron chi connectivity index (χ4n) is 2.73. The van der Waals surface area contributed by atoms with E-state index >= 15 is 0 Å². The third-order valence-electron chi connectivity index (χ3n) is 3.73. The molecule has 0 amide bonds. The van der Waals surface area contributed by atoms with E-state index in [4.69, 9.17) is 0 Å². The van der Waals surface area contributed by atoms with Crippen LogP contribution in [0.15, 0.2) is 5.51 Å². The van der Waals surface area contributed by atoms with Crippen LogP contribution in [-0.2, 0) is 0 Å². The van der Waals surface area contributed by atoms with Crippen LogP contribution in [-0.4, -0.2) is 46.8 Å². The van der Waals surface area contributed by atoms with E-state index in [9.17, 15) is 0 Å². The maximum atomic E-state index is 4.64. The Morgan fingerprint density at radius 2 is 2.45 bits per heavy atom. The lowest BCUT2D eigenvalue weighted by Crippen LogP contribution is -2.39. The zero-order chi connectivity index (χ0) is 13.9. The molecule has 0 aromatic carbocycles. The second-order valence-corrected chi connectivity index (χ2v) is 6.12. The molecule has 3 heterocycles. The van der Waals surface area contributed by atoms with Gasteiger partial charge >= 0.3 is 0 Å². The number of piperidine rings is 1. The summed E-state index contributed by atoms with van der Waals surface area (Å²) in [6, 6.07) is 0. The fourth-order valence-corrected chi connectivity index (χ4v) is 3.47. The van der Waals surface area contributed by atoms with Gasteiger partial charge in [0.1, 0.15) is 0 Å². The van der Waals surface area contributed by atoms with Gasteiger partial charge in [-0.2, -0.15) is 4.98 Å². The van der Waals surface area contributed by atoms with Gasteiger partial charge in [-0.25, -0.2) is 4.98 Å². The van der Waals surface area contributed by atoms with Crippen LogP contribution in [0, 0.1) is 12.8 Å². The van der Waals surface area contributed by atoms with Crippen LogP contribution in [0.2, 0.25) is 0 Å². The van der Waals surface area contributed by atoms with E-state index in [2.05, 4.69) is 30.4 Å². The highest BCUT2D eigenvalue weighted by Gasteiger charge is 2.22. The van der Waals surface area contributed by atoms with Gasteiger partial charge in [-0.1, -0.05) is 0 Å². The van der Waals surface area contributed by atoms with Crippen molar-refractivity contribution >= 4 is 17.3 Å². The standard InChI is InChI=1S/C13H20N6S/c1-9-11(20-8-15-9)12-16-13(18-17-12)19-5-3-4-10(7-19)6-14-2/h8,10,14H,3-7H2,1-2H3,(H,16,17,18). The van der Waals surface area contributed by atoms with Crippen LogP contribution >= 0.6 is 11.3 Å². The largest absolute Gasteiger partial charge is 0.339 e. The number of aryl methyl sites for hydroxylation is 1. The van der Waals surface area contributed by atoms with E-state index in [1.807, 2.05) is 19.5 Å². The molecule has 2 N–H and O–H groups in total. The van der Waals surface area contributed by atoms with Gasteiger partial charge in [-0.3, -0.25) is 5.10 Å². The third kappa shape index (κ3) is 2.69. The first-order valence-corrected chi connectivity index (χ1v) is 7.88. The second kappa shape index (κ2) is 5.88. The van der Waals surface area contributed by atoms with Crippen molar-refractivity contribution in [1.82, 2.24) is 25.5 Å². The highest BCUT2D eigenvalue weighted by atomic mass is 32.1. The van der Waals surface area contributed by atoms with Crippen LogP contribution in [0.4, 0.5) is 5.95 Å². The number of rotatable bonds is 4. The average Bonchev–Trinajstić information content (AvgIpc) is 3.08. The minimum absolute atomic E-state index is 0.681. The first-order chi connectivity index (χ1) is 9.78. The average molecular weight is 292 g/mol. The summed E-state index contributed by atoms with van der Waals surface area (Å²) in [6.45, 7) is 5.12. The molecule has 1 aliphatic heterocycles. The molecule has 20 heavy (non-hydrogen) atoms. The van der Waals surface area contributed by atoms with Gasteiger partial charge in [0.2, 0.25) is 5.95 Å². The molecule has 1 saturated heterocycles. The molecule has 6 nitrogen and oxygen atoms in total. The van der Waals surface area contributed by atoms with Gasteiger partial charge in [0.15, 0.2) is 5.82 Å². The van der Waals surface area contributed by atoms with E-state index < -0.39 is 0 Å². The molecular weight excluding hydrogens is 272 g/mol. The third-order valence-corrected chi connectivity index (χ3v) is 4.66. The Labute approximate surface area is 122 Å². The molecule has 7 heteroatoms. The van der Waals surface area contributed by atoms with E-state index in [1.165, 1.54) is 12.8 Å². The Morgan fingerprint density at radius 3 is 3.20 bits per heavy atom. The zero-order valence-electron chi connectivity index (χ0n) is 11.9. The molecule has 0 radical (unpaired) electrons. The van der Waals surface area contributed by atoms with Crippen LogP contribution in [0.3, 0.4) is 0 Å². The van der Waals surface area contributed by atoms with E-state index in [0.717, 1.165) is 42.0 Å². The highest BCUT2D eigenvalue weighted by Crippen LogP contribution is 2.26. The van der Waals surface area contributed by atoms with Gasteiger partial charge in [0.25, 0.3) is 0 Å². The lowest BCUT2D eigenvalue weighted by Gasteiger charge is -2.31. The quantitative estimate of drug-likeness (QED) is 0.897. The van der Waals surface area contributed by atoms with Crippen molar-refractivity contribution in [2.45, 2.75) is 19.8 Å². The predicted molar refractivity (Wildman–Crippen MR) is 81.1 cm³/mol. The highest BCUT2D eigenvalue weighted by molar-refractivity contribution is 7.13. The molecule has 0 bridgehead atoms. The lowest BCUT2D eigenvalue weighted by atomic mass is 9.98. The summed E-state index contributed by atoms with van der Waals surface area (Å²) < 4.78 is 0. The van der Waals surface area contributed by atoms with Gasteiger partial charge < -0.3 is 10.2 Å². The summed E-state index contributed by atoms with van der Waals surface area (Å²) in [5, 5.41) is 10.7. The number of thiazole rings is 1. The number of hydrogen-bond acceptors (Lipinski definition) is 6. The number of anilines is 1. The fraction of sp³-hybridized carbons (Fsp3) is 0.615. The molecule has 3 rings (SSSR count). The molecule has 0 spiro atoms. The minimum atomic E-state index is 0.681. The predicted octanol–water partition coefficient (Wildman–Crippen LogP) is 1.67. The van der Waals surface area contributed by atoms with Gasteiger partial charge in [-0.05, 0) is 39.3 Å². The number of aromatic nitrogens is 4. The first-order valence-electron chi connectivity index (χ1n) is 7.00. The van der Waals surface area contributed by atoms with Gasteiger partial charge in [-0.15, -0.1) is 16.4 Å². The summed E-state index contributed by atoms with van der Waals surface area (Å²) >= 11 is 1.60. The Balaban J connectivity index is 1.75. The molecule has 108 valence electrons. The summed E-state index contributed by atoms with van der Waals surface area (Å²) in [5.41, 5.74) is 2.85. The van der Waals surface area contributed by atoms with Crippen molar-refractivity contribution < 1.29 is 0 Å². The van der Waals surface area contributed by atoms with Gasteiger partial charge in [0, 0.05) is 13.1 Å². The number of nitrogens with zero attached hydrogens (tertiary/aromatic N) is 4. The molecular formula is C13H20N6S. The van der Waals surface area contributed by atoms with Crippen molar-refractivity contribution in [3.63, 3.8) is 0 Å². The smallest absolute Gasteiger partial charge is 0.245 e. The SMILES string of the molecule is CNCC1CCCN(c2n[nH]c(-c3scnc3C)n2)C1. The zero-order valence-corrected chi connectivity index (χ0v) is 12.7. The second-order valence-electron chi connectivity index (χ2n) is 5.26. The van der Waals surface area contributed by atoms with Crippen molar-refractivity contribution in [1.29, 1.82) is 0 Å². The van der Waals surface area contributed by atoms with Crippen LogP contribution < -0.4 is 10.2 Å². The molecule has 2 aromatic heterocycles. The Kier molecular flexibility index (Phi) is 3.98. The number of aromatic amines is 1. The topological polar surface area (TPSA) is 69.7 Å². The first kappa shape index (κ1) is 13.5. The molecule has 0 saturated carbocycles. The Hall–Kier alpha value is -1.47. The van der Waals surface area contributed by atoms with Crippen LogP contribution in [0.1, 0.15) is 18.5 Å². The summed E-state index contributed by atoms with van der Waals surface area (Å²) in [5.74, 6) is 2.32. The summed E-state index contributed by atoms with van der Waals surface area (Å²) in [4.78, 5) is 12.3. The molecule has 1 aliphatic rings. The lowest BCUT2D eigenvalue weighted by molar-refractivity contribution is 0.399. The Morgan fingerprint density at radius 1 is 1.55 bits per heavy atom. The van der Waals surface area contributed by atoms with E-state index in [-0.39, 0.29) is 0 Å². The number of H-pyrrole nitrogens is 1. The minimum Gasteiger partial charge on any atom is -0.339 e. The van der Waals surface area contributed by atoms with E-state index in [1.54, 1.807) is 11.3 Å². The van der Waals surface area contributed by atoms with Crippen molar-refractivity contribution in [2.24, 2.45) is 5.92 Å². The molecule has 0 aliphatic carbocycles. The molecule has 2 aromatic rings. The summed E-state index contributed by atoms with van der Waals surface area (Å²) in [7, 11) is 2.01. The van der Waals surface area contributed by atoms with Crippen molar-refractivity contribution in [3.8, 4) is 10.7 Å². The number of hydrogen-bond donors (Lipinski definition) is 2. The summed E-state index contributed by atoms with van der Waals surface area (Å²) in [6.07, 6.45) is 2.48. The maximum absolute atomic E-state index is 4.64. The Bertz CT molecular complexity index is 561. The van der Waals surface area contributed by atoms with Crippen LogP contribution in [0.25, 0.3) is 10.7 Å². The normalized spacial score (nSPS) is 19.5. The molecule has 1 unspecified atom stereocenters. The van der Waals surface area contributed by atoms with Crippen LogP contribution in [0.5, 0.6) is 0 Å². The number of nitrogens with one attached hydrogen (secondary N) is 2. The maximum Gasteiger partial charge on any atom is 0.245 e. The van der Waals surface area contributed by atoms with Crippen molar-refractivity contribution in [2.75, 3.05) is 31.6 Å². The van der Waals surface area contributed by atoms with Gasteiger partial charge in [0.05, 0.1) is 16.1 Å².